The van der Waals surface area contributed by atoms with E-state index in [1.54, 1.807) is 0 Å². The summed E-state index contributed by atoms with van der Waals surface area (Å²) in [5.74, 6) is 0.311. The molecule has 1 heteroatoms. The van der Waals surface area contributed by atoms with Crippen LogP contribution in [0.1, 0.15) is 22.3 Å². The summed E-state index contributed by atoms with van der Waals surface area (Å²) in [5.41, 5.74) is 7.42. The van der Waals surface area contributed by atoms with Crippen LogP contribution in [0.3, 0.4) is 0 Å². The monoisotopic (exact) mass is 236 g/mol. The largest absolute Gasteiger partial charge is 0.299 e. The minimum absolute atomic E-state index is 0.311. The third-order valence-corrected chi connectivity index (χ3v) is 3.74. The minimum atomic E-state index is 0.311. The van der Waals surface area contributed by atoms with Crippen LogP contribution in [0.5, 0.6) is 0 Å². The molecule has 0 N–H and O–H groups in total. The summed E-state index contributed by atoms with van der Waals surface area (Å²) in [6, 6.07) is 12.5. The van der Waals surface area contributed by atoms with Crippen molar-refractivity contribution in [3.63, 3.8) is 0 Å². The first kappa shape index (κ1) is 11.2. The van der Waals surface area contributed by atoms with Crippen LogP contribution in [-0.2, 0) is 17.6 Å². The highest BCUT2D eigenvalue weighted by Gasteiger charge is 2.21. The van der Waals surface area contributed by atoms with Gasteiger partial charge in [-0.2, -0.15) is 0 Å². The van der Waals surface area contributed by atoms with Crippen molar-refractivity contribution >= 4 is 5.78 Å². The van der Waals surface area contributed by atoms with Crippen molar-refractivity contribution in [2.24, 2.45) is 0 Å². The predicted molar refractivity (Wildman–Crippen MR) is 73.8 cm³/mol. The number of carbonyl (C=O) groups is 1. The van der Waals surface area contributed by atoms with E-state index in [2.05, 4.69) is 38.1 Å². The normalized spacial score (nSPS) is 13.8. The number of benzene rings is 2. The molecule has 2 aromatic rings. The van der Waals surface area contributed by atoms with Gasteiger partial charge in [-0.3, -0.25) is 4.79 Å². The Morgan fingerprint density at radius 2 is 1.22 bits per heavy atom. The van der Waals surface area contributed by atoms with Gasteiger partial charge in [-0.1, -0.05) is 36.4 Å². The van der Waals surface area contributed by atoms with Gasteiger partial charge in [0.2, 0.25) is 0 Å². The van der Waals surface area contributed by atoms with Crippen molar-refractivity contribution in [3.05, 3.63) is 58.7 Å². The summed E-state index contributed by atoms with van der Waals surface area (Å²) < 4.78 is 0. The summed E-state index contributed by atoms with van der Waals surface area (Å²) >= 11 is 0. The van der Waals surface area contributed by atoms with E-state index in [1.165, 1.54) is 33.4 Å². The Hall–Kier alpha value is -1.89. The number of ketones is 1. The van der Waals surface area contributed by atoms with Crippen LogP contribution in [0.15, 0.2) is 36.4 Å². The maximum atomic E-state index is 12.0. The first-order valence-corrected chi connectivity index (χ1v) is 6.36. The Kier molecular flexibility index (Phi) is 2.55. The zero-order valence-electron chi connectivity index (χ0n) is 10.8. The maximum Gasteiger partial charge on any atom is 0.141 e. The number of aryl methyl sites for hydroxylation is 2. The second-order valence-corrected chi connectivity index (χ2v) is 5.11. The zero-order valence-corrected chi connectivity index (χ0v) is 10.8. The number of hydrogen-bond acceptors (Lipinski definition) is 1. The van der Waals surface area contributed by atoms with E-state index < -0.39 is 0 Å². The first-order chi connectivity index (χ1) is 8.66. The van der Waals surface area contributed by atoms with Gasteiger partial charge in [0.25, 0.3) is 0 Å². The van der Waals surface area contributed by atoms with Gasteiger partial charge in [0.15, 0.2) is 0 Å². The topological polar surface area (TPSA) is 17.1 Å². The molecule has 1 nitrogen and oxygen atoms in total. The standard InChI is InChI=1S/C17H16O/c1-11-5-3-7-13-9-15(18)10-14-8-4-6-12(2)17(14)16(11)13/h3-8H,9-10H2,1-2H3. The van der Waals surface area contributed by atoms with E-state index in [0.29, 0.717) is 18.6 Å². The molecular formula is C17H16O. The lowest BCUT2D eigenvalue weighted by molar-refractivity contribution is -0.117. The third-order valence-electron chi connectivity index (χ3n) is 3.74. The number of Topliss-reactive ketones (excluding diaryl/α,β-unsaturated/α-hetero) is 1. The van der Waals surface area contributed by atoms with Crippen LogP contribution in [0, 0.1) is 13.8 Å². The van der Waals surface area contributed by atoms with E-state index >= 15 is 0 Å². The molecular weight excluding hydrogens is 220 g/mol. The molecule has 0 aliphatic heterocycles. The third kappa shape index (κ3) is 1.67. The van der Waals surface area contributed by atoms with Gasteiger partial charge in [-0.25, -0.2) is 0 Å². The second-order valence-electron chi connectivity index (χ2n) is 5.11. The molecule has 0 unspecified atom stereocenters. The highest BCUT2D eigenvalue weighted by molar-refractivity contribution is 5.92. The summed E-state index contributed by atoms with van der Waals surface area (Å²) in [6.07, 6.45) is 1.12. The fourth-order valence-corrected chi connectivity index (χ4v) is 2.95. The molecule has 0 saturated carbocycles. The van der Waals surface area contributed by atoms with E-state index in [4.69, 9.17) is 0 Å². The molecule has 0 amide bonds. The van der Waals surface area contributed by atoms with Gasteiger partial charge < -0.3 is 0 Å². The average molecular weight is 236 g/mol. The molecule has 3 rings (SSSR count). The highest BCUT2D eigenvalue weighted by Crippen LogP contribution is 2.36. The summed E-state index contributed by atoms with van der Waals surface area (Å²) in [7, 11) is 0. The first-order valence-electron chi connectivity index (χ1n) is 6.36. The van der Waals surface area contributed by atoms with Crippen molar-refractivity contribution in [3.8, 4) is 11.1 Å². The molecule has 0 saturated heterocycles. The molecule has 1 aliphatic carbocycles. The van der Waals surface area contributed by atoms with Crippen molar-refractivity contribution in [2.45, 2.75) is 26.7 Å². The Labute approximate surface area is 107 Å². The summed E-state index contributed by atoms with van der Waals surface area (Å²) in [4.78, 5) is 12.0. The Morgan fingerprint density at radius 1 is 0.778 bits per heavy atom. The molecule has 0 fully saturated rings. The molecule has 2 aromatic carbocycles. The van der Waals surface area contributed by atoms with Gasteiger partial charge >= 0.3 is 0 Å². The van der Waals surface area contributed by atoms with Gasteiger partial charge in [0, 0.05) is 12.8 Å². The summed E-state index contributed by atoms with van der Waals surface area (Å²) in [6.45, 7) is 4.26. The van der Waals surface area contributed by atoms with E-state index in [0.717, 1.165) is 0 Å². The highest BCUT2D eigenvalue weighted by atomic mass is 16.1. The van der Waals surface area contributed by atoms with E-state index in [1.807, 2.05) is 12.1 Å². The Balaban J connectivity index is 2.40. The van der Waals surface area contributed by atoms with Crippen molar-refractivity contribution < 1.29 is 4.79 Å². The lowest BCUT2D eigenvalue weighted by Gasteiger charge is -2.14. The maximum absolute atomic E-state index is 12.0. The molecule has 0 aromatic heterocycles. The second kappa shape index (κ2) is 4.09. The van der Waals surface area contributed by atoms with Gasteiger partial charge in [0.05, 0.1) is 0 Å². The number of rotatable bonds is 0. The van der Waals surface area contributed by atoms with Crippen LogP contribution in [0.25, 0.3) is 11.1 Å². The van der Waals surface area contributed by atoms with Gasteiger partial charge in [-0.15, -0.1) is 0 Å². The molecule has 0 heterocycles. The average Bonchev–Trinajstić information content (AvgIpc) is 2.46. The number of carbonyl (C=O) groups excluding carboxylic acids is 1. The van der Waals surface area contributed by atoms with Crippen LogP contribution in [0.2, 0.25) is 0 Å². The molecule has 0 atom stereocenters. The SMILES string of the molecule is Cc1cccc2c1-c1c(C)cccc1CC(=O)C2. The lowest BCUT2D eigenvalue weighted by atomic mass is 9.90. The summed E-state index contributed by atoms with van der Waals surface area (Å²) in [5, 5.41) is 0. The van der Waals surface area contributed by atoms with Crippen LogP contribution < -0.4 is 0 Å². The van der Waals surface area contributed by atoms with E-state index in [-0.39, 0.29) is 0 Å². The van der Waals surface area contributed by atoms with Crippen LogP contribution >= 0.6 is 0 Å². The van der Waals surface area contributed by atoms with Crippen LogP contribution in [0.4, 0.5) is 0 Å². The van der Waals surface area contributed by atoms with Crippen LogP contribution in [-0.4, -0.2) is 5.78 Å². The molecule has 0 bridgehead atoms. The van der Waals surface area contributed by atoms with Gasteiger partial charge in [0.1, 0.15) is 5.78 Å². The number of hydrogen-bond donors (Lipinski definition) is 0. The van der Waals surface area contributed by atoms with Crippen molar-refractivity contribution in [1.82, 2.24) is 0 Å². The Morgan fingerprint density at radius 3 is 1.67 bits per heavy atom. The Bertz CT molecular complexity index is 583. The smallest absolute Gasteiger partial charge is 0.141 e. The van der Waals surface area contributed by atoms with Gasteiger partial charge in [-0.05, 0) is 47.2 Å². The molecule has 1 aliphatic rings. The van der Waals surface area contributed by atoms with E-state index in [9.17, 15) is 4.79 Å². The number of fused-ring (bicyclic) bond motifs is 3. The minimum Gasteiger partial charge on any atom is -0.299 e. The van der Waals surface area contributed by atoms with Crippen molar-refractivity contribution in [2.75, 3.05) is 0 Å². The molecule has 0 spiro atoms. The van der Waals surface area contributed by atoms with Crippen molar-refractivity contribution in [1.29, 1.82) is 0 Å². The fraction of sp³-hybridized carbons (Fsp3) is 0.235. The fourth-order valence-electron chi connectivity index (χ4n) is 2.95. The lowest BCUT2D eigenvalue weighted by Crippen LogP contribution is -2.04. The molecule has 0 radical (unpaired) electrons. The molecule has 90 valence electrons. The molecule has 18 heavy (non-hydrogen) atoms. The quantitative estimate of drug-likeness (QED) is 0.682. The predicted octanol–water partition coefficient (Wildman–Crippen LogP) is 3.64. The zero-order chi connectivity index (χ0) is 12.7.